The molecule has 0 spiro atoms. The van der Waals surface area contributed by atoms with Gasteiger partial charge in [0.25, 0.3) is 6.47 Å². The number of hydrogen-bond donors (Lipinski definition) is 2. The monoisotopic (exact) mass is 332 g/mol. The number of nitrogens with zero attached hydrogens (tertiary/aromatic N) is 1. The van der Waals surface area contributed by atoms with Crippen molar-refractivity contribution in [3.8, 4) is 0 Å². The van der Waals surface area contributed by atoms with Crippen molar-refractivity contribution in [3.05, 3.63) is 0 Å². The average Bonchev–Trinajstić information content (AvgIpc) is 2.37. The first-order valence-corrected chi connectivity index (χ1v) is 7.81. The molecule has 1 heterocycles. The summed E-state index contributed by atoms with van der Waals surface area (Å²) in [6.45, 7) is 12.5. The third-order valence-electron chi connectivity index (χ3n) is 3.29. The van der Waals surface area contributed by atoms with Crippen LogP contribution in [0.3, 0.4) is 0 Å². The Labute approximate surface area is 139 Å². The van der Waals surface area contributed by atoms with Crippen molar-refractivity contribution in [3.63, 3.8) is 0 Å². The molecule has 1 rings (SSSR count). The highest BCUT2D eigenvalue weighted by Gasteiger charge is 2.43. The summed E-state index contributed by atoms with van der Waals surface area (Å²) in [6.07, 6.45) is 1.10. The lowest BCUT2D eigenvalue weighted by molar-refractivity contribution is -0.174. The van der Waals surface area contributed by atoms with Crippen molar-refractivity contribution in [2.75, 3.05) is 19.7 Å². The van der Waals surface area contributed by atoms with Gasteiger partial charge in [-0.1, -0.05) is 0 Å². The van der Waals surface area contributed by atoms with E-state index in [1.165, 1.54) is 0 Å². The molecule has 1 aliphatic rings. The van der Waals surface area contributed by atoms with Crippen molar-refractivity contribution in [2.45, 2.75) is 65.6 Å². The molecule has 1 aliphatic heterocycles. The van der Waals surface area contributed by atoms with Crippen LogP contribution in [-0.4, -0.2) is 53.5 Å². The maximum Gasteiger partial charge on any atom is 0.315 e. The summed E-state index contributed by atoms with van der Waals surface area (Å²) < 4.78 is 9.90. The number of carbonyl (C=O) groups is 2. The molecule has 0 aromatic heterocycles. The van der Waals surface area contributed by atoms with Crippen LogP contribution in [0, 0.1) is 5.41 Å². The zero-order valence-electron chi connectivity index (χ0n) is 15.2. The van der Waals surface area contributed by atoms with E-state index in [1.54, 1.807) is 5.01 Å². The molecule has 0 bridgehead atoms. The molecule has 1 fully saturated rings. The summed E-state index contributed by atoms with van der Waals surface area (Å²) in [4.78, 5) is 21.6. The van der Waals surface area contributed by atoms with Gasteiger partial charge in [-0.3, -0.25) is 15.4 Å². The lowest BCUT2D eigenvalue weighted by Crippen LogP contribution is -2.50. The van der Waals surface area contributed by atoms with Gasteiger partial charge in [0.05, 0.1) is 12.0 Å². The minimum absolute atomic E-state index is 0.171. The number of ether oxygens (including phenoxy) is 2. The fourth-order valence-electron chi connectivity index (χ4n) is 1.91. The van der Waals surface area contributed by atoms with E-state index >= 15 is 0 Å². The van der Waals surface area contributed by atoms with E-state index in [0.717, 1.165) is 0 Å². The van der Waals surface area contributed by atoms with Gasteiger partial charge >= 0.3 is 5.97 Å². The zero-order chi connectivity index (χ0) is 18.3. The first-order valence-electron chi connectivity index (χ1n) is 7.81. The van der Waals surface area contributed by atoms with Gasteiger partial charge < -0.3 is 14.6 Å². The summed E-state index contributed by atoms with van der Waals surface area (Å²) in [5.74, 6) is 5.33. The lowest BCUT2D eigenvalue weighted by Gasteiger charge is -2.38. The van der Waals surface area contributed by atoms with Gasteiger partial charge in [-0.2, -0.15) is 0 Å². The molecule has 0 atom stereocenters. The fraction of sp³-hybridized carbons (Fsp3) is 0.875. The summed E-state index contributed by atoms with van der Waals surface area (Å²) >= 11 is 0. The van der Waals surface area contributed by atoms with Crippen molar-refractivity contribution in [1.82, 2.24) is 5.01 Å². The van der Waals surface area contributed by atoms with E-state index in [9.17, 15) is 14.7 Å². The van der Waals surface area contributed by atoms with Gasteiger partial charge in [0.15, 0.2) is 0 Å². The molecule has 7 nitrogen and oxygen atoms in total. The highest BCUT2D eigenvalue weighted by atomic mass is 16.6. The third kappa shape index (κ3) is 8.88. The van der Waals surface area contributed by atoms with Gasteiger partial charge in [-0.05, 0) is 54.4 Å². The van der Waals surface area contributed by atoms with E-state index in [1.807, 2.05) is 41.5 Å². The van der Waals surface area contributed by atoms with Crippen LogP contribution in [0.15, 0.2) is 0 Å². The van der Waals surface area contributed by atoms with Crippen LogP contribution < -0.4 is 5.84 Å². The normalized spacial score (nSPS) is 18.4. The smallest absolute Gasteiger partial charge is 0.315 e. The maximum absolute atomic E-state index is 12.0. The summed E-state index contributed by atoms with van der Waals surface area (Å²) in [5.41, 5.74) is -1.59. The Morgan fingerprint density at radius 1 is 1.17 bits per heavy atom. The molecule has 0 radical (unpaired) electrons. The van der Waals surface area contributed by atoms with E-state index in [4.69, 9.17) is 10.6 Å². The third-order valence-corrected chi connectivity index (χ3v) is 3.29. The molecular weight excluding hydrogens is 300 g/mol. The SMILES string of the molecule is CC(C)(C)OC(=O)C1(CO)CCN(N)CC1.CC(C)(C)OC=O. The topological polar surface area (TPSA) is 102 Å². The predicted octanol–water partition coefficient (Wildman–Crippen LogP) is 1.23. The Kier molecular flexibility index (Phi) is 8.17. The van der Waals surface area contributed by atoms with Crippen molar-refractivity contribution >= 4 is 12.4 Å². The van der Waals surface area contributed by atoms with E-state index < -0.39 is 11.0 Å². The first kappa shape index (κ1) is 21.8. The number of carbonyl (C=O) groups excluding carboxylic acids is 2. The maximum atomic E-state index is 12.0. The number of hydrogen-bond acceptors (Lipinski definition) is 7. The van der Waals surface area contributed by atoms with Crippen LogP contribution in [-0.2, 0) is 19.1 Å². The molecule has 0 aliphatic carbocycles. The number of nitrogens with two attached hydrogens (primary N) is 1. The summed E-state index contributed by atoms with van der Waals surface area (Å²) in [5, 5.41) is 11.1. The first-order chi connectivity index (χ1) is 10.4. The van der Waals surface area contributed by atoms with Crippen molar-refractivity contribution < 1.29 is 24.2 Å². The van der Waals surface area contributed by atoms with E-state index in [2.05, 4.69) is 4.74 Å². The highest BCUT2D eigenvalue weighted by molar-refractivity contribution is 5.77. The second-order valence-electron chi connectivity index (χ2n) is 7.80. The molecule has 7 heteroatoms. The second-order valence-corrected chi connectivity index (χ2v) is 7.80. The Bertz CT molecular complexity index is 377. The number of aliphatic hydroxyl groups excluding tert-OH is 1. The number of hydrazine groups is 1. The number of rotatable bonds is 3. The van der Waals surface area contributed by atoms with Crippen LogP contribution in [0.1, 0.15) is 54.4 Å². The van der Waals surface area contributed by atoms with Gasteiger partial charge in [0.1, 0.15) is 11.2 Å². The Morgan fingerprint density at radius 2 is 1.65 bits per heavy atom. The summed E-state index contributed by atoms with van der Waals surface area (Å²) in [7, 11) is 0. The summed E-state index contributed by atoms with van der Waals surface area (Å²) in [6, 6.07) is 0. The lowest BCUT2D eigenvalue weighted by atomic mass is 9.79. The molecule has 0 aromatic carbocycles. The number of esters is 1. The van der Waals surface area contributed by atoms with Crippen molar-refractivity contribution in [1.29, 1.82) is 0 Å². The van der Waals surface area contributed by atoms with Gasteiger partial charge in [0.2, 0.25) is 0 Å². The molecule has 0 aromatic rings. The van der Waals surface area contributed by atoms with E-state index in [-0.39, 0.29) is 18.2 Å². The Balaban J connectivity index is 0.000000585. The molecule has 136 valence electrons. The average molecular weight is 332 g/mol. The van der Waals surface area contributed by atoms with Crippen LogP contribution in [0.4, 0.5) is 0 Å². The van der Waals surface area contributed by atoms with Crippen LogP contribution in [0.5, 0.6) is 0 Å². The molecule has 0 saturated carbocycles. The standard InChI is InChI=1S/C11H22N2O3.C5H10O2/c1-10(2,3)16-9(15)11(8-14)4-6-13(12)7-5-11;1-5(2,3)7-4-6/h14H,4-8,12H2,1-3H3;4H,1-3H3. The minimum Gasteiger partial charge on any atom is -0.462 e. The quantitative estimate of drug-likeness (QED) is 0.455. The van der Waals surface area contributed by atoms with Crippen LogP contribution >= 0.6 is 0 Å². The molecule has 1 saturated heterocycles. The minimum atomic E-state index is -0.761. The molecular formula is C16H32N2O5. The highest BCUT2D eigenvalue weighted by Crippen LogP contribution is 2.33. The van der Waals surface area contributed by atoms with Gasteiger partial charge in [-0.25, -0.2) is 5.01 Å². The van der Waals surface area contributed by atoms with Crippen molar-refractivity contribution in [2.24, 2.45) is 11.3 Å². The predicted molar refractivity (Wildman–Crippen MR) is 87.3 cm³/mol. The molecule has 0 unspecified atom stereocenters. The molecule has 23 heavy (non-hydrogen) atoms. The zero-order valence-corrected chi connectivity index (χ0v) is 15.2. The molecule has 3 N–H and O–H groups in total. The largest absolute Gasteiger partial charge is 0.462 e. The van der Waals surface area contributed by atoms with Gasteiger partial charge in [0, 0.05) is 13.1 Å². The van der Waals surface area contributed by atoms with Crippen LogP contribution in [0.2, 0.25) is 0 Å². The fourth-order valence-corrected chi connectivity index (χ4v) is 1.91. The Morgan fingerprint density at radius 3 is 1.91 bits per heavy atom. The Hall–Kier alpha value is -1.18. The van der Waals surface area contributed by atoms with Gasteiger partial charge in [-0.15, -0.1) is 0 Å². The van der Waals surface area contributed by atoms with Crippen LogP contribution in [0.25, 0.3) is 0 Å². The number of piperidine rings is 1. The molecule has 0 amide bonds. The van der Waals surface area contributed by atoms with E-state index in [0.29, 0.717) is 32.4 Å². The second kappa shape index (κ2) is 8.61. The number of aliphatic hydroxyl groups is 1.